The molecule has 0 spiro atoms. The first-order valence-corrected chi connectivity index (χ1v) is 31.8. The number of aromatic nitrogens is 6. The molecule has 10 rings (SSSR count). The zero-order chi connectivity index (χ0) is 66.8. The number of carboxylic acid groups (broad SMARTS) is 2. The molecule has 2 aromatic carbocycles. The molecule has 2 unspecified atom stereocenters. The Morgan fingerprint density at radius 3 is 1.39 bits per heavy atom. The lowest BCUT2D eigenvalue weighted by Gasteiger charge is -2.52. The van der Waals surface area contributed by atoms with Gasteiger partial charge in [0, 0.05) is 60.9 Å². The van der Waals surface area contributed by atoms with E-state index in [0.717, 1.165) is 48.9 Å². The molecular weight excluding hydrogens is 1290 g/mol. The van der Waals surface area contributed by atoms with E-state index in [1.807, 2.05) is 31.1 Å². The fraction of sp³-hybridized carbons (Fsp3) is 0.481. The van der Waals surface area contributed by atoms with Crippen LogP contribution in [0.2, 0.25) is 0 Å². The number of carbonyl (C=O) groups is 6. The number of hydrogen-bond acceptors (Lipinski definition) is 28. The zero-order valence-electron chi connectivity index (χ0n) is 50.1. The number of anilines is 2. The Morgan fingerprint density at radius 2 is 1.08 bits per heavy atom. The van der Waals surface area contributed by atoms with Crippen molar-refractivity contribution in [2.45, 2.75) is 101 Å². The zero-order valence-corrected chi connectivity index (χ0v) is 52.6. The minimum atomic E-state index is -5.40. The molecule has 0 saturated carbocycles. The molecule has 6 atom stereocenters. The van der Waals surface area contributed by atoms with E-state index in [2.05, 4.69) is 41.5 Å². The number of ether oxygens (including phenoxy) is 2. The molecule has 14 N–H and O–H groups in total. The average molecular weight is 1360 g/mol. The van der Waals surface area contributed by atoms with Crippen molar-refractivity contribution in [3.8, 4) is 11.5 Å². The number of carbonyl (C=O) groups excluding carboxylic acids is 4. The number of nitrogens with two attached hydrogens (primary N) is 2. The molecule has 4 saturated heterocycles. The van der Waals surface area contributed by atoms with Gasteiger partial charge in [-0.05, 0) is 52.0 Å². The third-order valence-corrected chi connectivity index (χ3v) is 17.7. The minimum Gasteiger partial charge on any atom is -0.489 e. The van der Waals surface area contributed by atoms with Gasteiger partial charge in [0.1, 0.15) is 60.4 Å². The number of hydrogen-bond donors (Lipinski definition) is 12. The number of oxime groups is 2. The van der Waals surface area contributed by atoms with Gasteiger partial charge >= 0.3 is 22.3 Å². The van der Waals surface area contributed by atoms with Crippen LogP contribution in [-0.2, 0) is 83.6 Å². The van der Waals surface area contributed by atoms with Crippen molar-refractivity contribution >= 4 is 112 Å². The van der Waals surface area contributed by atoms with E-state index in [-0.39, 0.29) is 46.2 Å². The predicted octanol–water partition coefficient (Wildman–Crippen LogP) is -4.08. The van der Waals surface area contributed by atoms with Crippen LogP contribution >= 0.6 is 22.7 Å². The molecule has 4 aliphatic rings. The summed E-state index contributed by atoms with van der Waals surface area (Å²) in [5.41, 5.74) is 8.01. The Balaban J connectivity index is 0.751. The molecule has 6 aromatic rings. The number of nitrogens with one attached hydrogen (secondary N) is 4. The molecule has 500 valence electrons. The molecule has 93 heavy (non-hydrogen) atoms. The van der Waals surface area contributed by atoms with Crippen molar-refractivity contribution in [2.24, 2.45) is 22.1 Å². The monoisotopic (exact) mass is 1360 g/mol. The van der Waals surface area contributed by atoms with E-state index < -0.39 is 131 Å². The van der Waals surface area contributed by atoms with E-state index in [1.54, 1.807) is 36.4 Å². The number of thiazole rings is 2. The Labute approximate surface area is 535 Å². The summed E-state index contributed by atoms with van der Waals surface area (Å²) in [6.45, 7) is 7.69. The van der Waals surface area contributed by atoms with Crippen LogP contribution in [0, 0.1) is 11.8 Å². The largest absolute Gasteiger partial charge is 0.489 e. The van der Waals surface area contributed by atoms with Crippen molar-refractivity contribution in [3.05, 3.63) is 70.9 Å². The third kappa shape index (κ3) is 14.7. The van der Waals surface area contributed by atoms with Crippen molar-refractivity contribution in [1.82, 2.24) is 50.7 Å². The van der Waals surface area contributed by atoms with Gasteiger partial charge in [-0.25, -0.2) is 19.6 Å². The topological polar surface area (TPSA) is 488 Å². The molecule has 8 heterocycles. The lowest BCUT2D eigenvalue weighted by molar-refractivity contribution is -0.759. The first-order valence-electron chi connectivity index (χ1n) is 28.7. The summed E-state index contributed by atoms with van der Waals surface area (Å²) in [7, 11) is -5.40. The highest BCUT2D eigenvalue weighted by Crippen LogP contribution is 2.37. The SMILES string of the molecule is CC1(C)[C@H](NC(=O)/C(=N\O[C@@H](COc2ccc3c(c2)cn(CC2CNC2)[n+]3CC(O)CO)C(=O)O)c2csc(N)n2)C(=O)N1OS(=O)(=O)ON1C(=O)[C@@H](NC(=O)/C(=N\O[C@@H](COc2ccc3c(c2)cn(CC2CNC2)[n+]3CC(O)CO)C(=O)O)c2csc(N)n2)C1(C)C. The second kappa shape index (κ2) is 27.4. The normalized spacial score (nSPS) is 19.6. The first-order chi connectivity index (χ1) is 44.1. The van der Waals surface area contributed by atoms with Crippen LogP contribution < -0.4 is 51.6 Å². The summed E-state index contributed by atoms with van der Waals surface area (Å²) in [6.07, 6.45) is -2.06. The van der Waals surface area contributed by atoms with Crippen LogP contribution in [0.1, 0.15) is 39.1 Å². The highest BCUT2D eigenvalue weighted by molar-refractivity contribution is 7.81. The van der Waals surface area contributed by atoms with Gasteiger partial charge in [0.15, 0.2) is 21.7 Å². The molecule has 4 aliphatic heterocycles. The number of nitrogens with zero attached hydrogens (tertiary/aromatic N) is 10. The third-order valence-electron chi connectivity index (χ3n) is 15.7. The van der Waals surface area contributed by atoms with Gasteiger partial charge in [0.05, 0.1) is 60.5 Å². The number of fused-ring (bicyclic) bond motifs is 2. The number of hydroxylamine groups is 4. The van der Waals surface area contributed by atoms with Gasteiger partial charge in [-0.3, -0.25) is 19.2 Å². The highest BCUT2D eigenvalue weighted by atomic mass is 32.3. The van der Waals surface area contributed by atoms with Crippen molar-refractivity contribution in [1.29, 1.82) is 0 Å². The number of aliphatic carboxylic acids is 2. The molecule has 0 aliphatic carbocycles. The second-order valence-corrected chi connectivity index (χ2v) is 26.2. The Kier molecular flexibility index (Phi) is 19.8. The van der Waals surface area contributed by atoms with E-state index in [9.17, 15) is 67.8 Å². The van der Waals surface area contributed by atoms with Crippen molar-refractivity contribution in [3.63, 3.8) is 0 Å². The first kappa shape index (κ1) is 67.1. The Bertz CT molecular complexity index is 3770. The maximum Gasteiger partial charge on any atom is 0.442 e. The summed E-state index contributed by atoms with van der Waals surface area (Å²) in [6, 6.07) is 6.73. The average Bonchev–Trinajstić information content (AvgIpc) is 1.71. The molecule has 4 aromatic heterocycles. The number of carboxylic acids is 2. The molecule has 39 heteroatoms. The Morgan fingerprint density at radius 1 is 0.688 bits per heavy atom. The van der Waals surface area contributed by atoms with E-state index in [1.165, 1.54) is 38.5 Å². The highest BCUT2D eigenvalue weighted by Gasteiger charge is 2.61. The fourth-order valence-corrected chi connectivity index (χ4v) is 12.3. The van der Waals surface area contributed by atoms with Crippen LogP contribution in [0.5, 0.6) is 11.5 Å². The van der Waals surface area contributed by atoms with Gasteiger partial charge in [-0.2, -0.15) is 27.9 Å². The van der Waals surface area contributed by atoms with Crippen molar-refractivity contribution < 1.29 is 105 Å². The summed E-state index contributed by atoms with van der Waals surface area (Å²) in [5, 5.41) is 83.4. The second-order valence-electron chi connectivity index (χ2n) is 23.3. The quantitative estimate of drug-likeness (QED) is 0.00827. The number of benzene rings is 2. The van der Waals surface area contributed by atoms with Crippen LogP contribution in [0.25, 0.3) is 21.8 Å². The van der Waals surface area contributed by atoms with Crippen LogP contribution in [-0.4, -0.2) is 216 Å². The molecule has 0 bridgehead atoms. The van der Waals surface area contributed by atoms with Gasteiger partial charge in [0.2, 0.25) is 24.1 Å². The number of β-lactam (4-membered cyclic amide) rings is 2. The van der Waals surface area contributed by atoms with E-state index >= 15 is 0 Å². The van der Waals surface area contributed by atoms with Crippen LogP contribution in [0.3, 0.4) is 0 Å². The number of rotatable bonds is 32. The summed E-state index contributed by atoms with van der Waals surface area (Å²) in [4.78, 5) is 99.0. The summed E-state index contributed by atoms with van der Waals surface area (Å²) < 4.78 is 56.2. The van der Waals surface area contributed by atoms with Gasteiger partial charge in [0.25, 0.3) is 35.8 Å². The standard InChI is InChI=1S/C54H66N16O20S3/c1-53(2)43(61-45(75)41(35-25-91-51(55)59-35)63-87-39(49(79)80)23-85-33-5-7-37-29(9-33)17-65(15-27-11-57-12-27)67(37)19-31(73)21-71)47(77)69(53)89-93(83,84)90-70-48(78)44(54(70,3)4)62-46(76)42(36-26-92-52(56)60-36)64-88-40(50(81)82)24-86-34-6-8-38-30(10-34)18-66(16-28-13-58-14-28)68(38)20-32(74)22-72/h5-10,17-18,25-28,31-32,39-40,43-44,57-58,71-74H,11-16,19-24H2,1-4H3,(H6-2,55,56,59,60,61,62,75,76,79,80,81,82)/p+2/b63-41-,64-42-/t31?,32?,39-,40-,43+,44+/m0/s1. The van der Waals surface area contributed by atoms with E-state index in [0.29, 0.717) is 56.9 Å². The van der Waals surface area contributed by atoms with Crippen LogP contribution in [0.15, 0.2) is 69.9 Å². The summed E-state index contributed by atoms with van der Waals surface area (Å²) in [5.74, 6) is -6.57. The molecular formula is C54H68N16O20S3+2. The Hall–Kier alpha value is -8.77. The number of aliphatic hydroxyl groups excluding tert-OH is 4. The fourth-order valence-electron chi connectivity index (χ4n) is 10.3. The minimum absolute atomic E-state index is 0.0328. The molecule has 4 fully saturated rings. The number of nitrogen functional groups attached to an aromatic ring is 2. The smallest absolute Gasteiger partial charge is 0.442 e. The van der Waals surface area contributed by atoms with Gasteiger partial charge < -0.3 is 82.5 Å². The lowest BCUT2D eigenvalue weighted by Crippen LogP contribution is -2.78. The lowest BCUT2D eigenvalue weighted by atomic mass is 9.84. The molecule has 0 radical (unpaired) electrons. The predicted molar refractivity (Wildman–Crippen MR) is 322 cm³/mol. The molecule has 4 amide bonds. The number of amides is 4. The summed E-state index contributed by atoms with van der Waals surface area (Å²) >= 11 is 1.77. The molecule has 36 nitrogen and oxygen atoms in total. The van der Waals surface area contributed by atoms with E-state index in [4.69, 9.17) is 39.2 Å². The maximum atomic E-state index is 14.0. The number of aliphatic hydroxyl groups is 4. The van der Waals surface area contributed by atoms with Crippen LogP contribution in [0.4, 0.5) is 10.3 Å². The maximum absolute atomic E-state index is 14.0. The van der Waals surface area contributed by atoms with Gasteiger partial charge in [-0.15, -0.1) is 40.6 Å². The van der Waals surface area contributed by atoms with Crippen molar-refractivity contribution in [2.75, 3.05) is 64.1 Å². The van der Waals surface area contributed by atoms with Gasteiger partial charge in [-0.1, -0.05) is 10.3 Å².